The first-order valence-corrected chi connectivity index (χ1v) is 9.35. The molecule has 0 saturated heterocycles. The molecule has 2 amide bonds. The number of pyridine rings is 1. The maximum atomic E-state index is 12.1. The van der Waals surface area contributed by atoms with E-state index in [0.717, 1.165) is 5.56 Å². The Hall–Kier alpha value is -2.98. The Labute approximate surface area is 150 Å². The molecule has 10 heteroatoms. The van der Waals surface area contributed by atoms with Crippen molar-refractivity contribution in [3.8, 4) is 0 Å². The number of benzene rings is 1. The van der Waals surface area contributed by atoms with E-state index in [4.69, 9.17) is 5.14 Å². The molecule has 0 unspecified atom stereocenters. The number of carbonyl (C=O) groups is 1. The van der Waals surface area contributed by atoms with E-state index in [0.29, 0.717) is 11.5 Å². The molecular weight excluding hydrogens is 356 g/mol. The van der Waals surface area contributed by atoms with Crippen LogP contribution in [-0.2, 0) is 16.6 Å². The molecule has 0 bridgehead atoms. The van der Waals surface area contributed by atoms with E-state index in [1.165, 1.54) is 12.1 Å². The van der Waals surface area contributed by atoms with E-state index in [-0.39, 0.29) is 23.5 Å². The number of rotatable bonds is 5. The maximum Gasteiger partial charge on any atom is 0.315 e. The average molecular weight is 374 g/mol. The molecule has 26 heavy (non-hydrogen) atoms. The summed E-state index contributed by atoms with van der Waals surface area (Å²) in [7, 11) is -3.72. The minimum atomic E-state index is -3.72. The Morgan fingerprint density at radius 1 is 1.19 bits per heavy atom. The largest absolute Gasteiger partial charge is 0.334 e. The van der Waals surface area contributed by atoms with Crippen molar-refractivity contribution >= 4 is 21.7 Å². The number of carbonyl (C=O) groups excluding carboxylic acids is 1. The monoisotopic (exact) mass is 374 g/mol. The van der Waals surface area contributed by atoms with Gasteiger partial charge >= 0.3 is 6.03 Å². The summed E-state index contributed by atoms with van der Waals surface area (Å²) in [5.41, 5.74) is 1.44. The third-order valence-electron chi connectivity index (χ3n) is 3.78. The first-order valence-electron chi connectivity index (χ1n) is 7.80. The molecule has 0 aliphatic rings. The van der Waals surface area contributed by atoms with Crippen LogP contribution in [0, 0.1) is 0 Å². The molecule has 1 atom stereocenters. The summed E-state index contributed by atoms with van der Waals surface area (Å²) >= 11 is 0. The molecule has 4 N–H and O–H groups in total. The molecule has 2 aromatic heterocycles. The third-order valence-corrected chi connectivity index (χ3v) is 4.71. The van der Waals surface area contributed by atoms with Gasteiger partial charge in [-0.15, -0.1) is 10.2 Å². The molecule has 1 aromatic carbocycles. The summed E-state index contributed by atoms with van der Waals surface area (Å²) in [6.07, 6.45) is 1.83. The Bertz CT molecular complexity index is 1030. The Morgan fingerprint density at radius 2 is 1.92 bits per heavy atom. The number of hydrogen-bond donors (Lipinski definition) is 3. The van der Waals surface area contributed by atoms with Gasteiger partial charge in [-0.25, -0.2) is 18.4 Å². The molecule has 136 valence electrons. The van der Waals surface area contributed by atoms with Crippen LogP contribution in [0.1, 0.15) is 24.4 Å². The number of nitrogens with one attached hydrogen (secondary N) is 2. The van der Waals surface area contributed by atoms with Crippen LogP contribution in [0.15, 0.2) is 53.6 Å². The van der Waals surface area contributed by atoms with Gasteiger partial charge in [0.2, 0.25) is 10.0 Å². The predicted molar refractivity (Wildman–Crippen MR) is 94.6 cm³/mol. The van der Waals surface area contributed by atoms with Gasteiger partial charge in [0.25, 0.3) is 0 Å². The van der Waals surface area contributed by atoms with Crippen molar-refractivity contribution in [2.45, 2.75) is 24.4 Å². The minimum absolute atomic E-state index is 0.0259. The molecule has 0 aliphatic heterocycles. The normalized spacial score (nSPS) is 12.7. The molecule has 9 nitrogen and oxygen atoms in total. The SMILES string of the molecule is C[C@@H](NC(=O)NCc1ccc(S(N)(=O)=O)cc1)c1nnc2ccccn12. The Balaban J connectivity index is 1.59. The molecule has 3 aromatic rings. The average Bonchev–Trinajstić information content (AvgIpc) is 3.04. The second-order valence-electron chi connectivity index (χ2n) is 5.72. The van der Waals surface area contributed by atoms with E-state index >= 15 is 0 Å². The summed E-state index contributed by atoms with van der Waals surface area (Å²) in [5.74, 6) is 0.619. The van der Waals surface area contributed by atoms with Crippen LogP contribution in [0.4, 0.5) is 4.79 Å². The number of nitrogens with two attached hydrogens (primary N) is 1. The lowest BCUT2D eigenvalue weighted by Gasteiger charge is -2.13. The van der Waals surface area contributed by atoms with E-state index in [2.05, 4.69) is 20.8 Å². The van der Waals surface area contributed by atoms with E-state index in [9.17, 15) is 13.2 Å². The van der Waals surface area contributed by atoms with Crippen molar-refractivity contribution in [2.24, 2.45) is 5.14 Å². The van der Waals surface area contributed by atoms with Gasteiger partial charge in [-0.05, 0) is 36.8 Å². The summed E-state index contributed by atoms with van der Waals surface area (Å²) in [4.78, 5) is 12.1. The van der Waals surface area contributed by atoms with E-state index < -0.39 is 10.0 Å². The highest BCUT2D eigenvalue weighted by molar-refractivity contribution is 7.89. The van der Waals surface area contributed by atoms with Crippen LogP contribution < -0.4 is 15.8 Å². The zero-order chi connectivity index (χ0) is 18.7. The van der Waals surface area contributed by atoms with Crippen molar-refractivity contribution in [1.82, 2.24) is 25.2 Å². The molecule has 2 heterocycles. The molecule has 0 spiro atoms. The molecule has 0 saturated carbocycles. The maximum absolute atomic E-state index is 12.1. The minimum Gasteiger partial charge on any atom is -0.334 e. The highest BCUT2D eigenvalue weighted by Gasteiger charge is 2.15. The first-order chi connectivity index (χ1) is 12.3. The van der Waals surface area contributed by atoms with Gasteiger partial charge in [0.1, 0.15) is 0 Å². The predicted octanol–water partition coefficient (Wildman–Crippen LogP) is 0.937. The van der Waals surface area contributed by atoms with Gasteiger partial charge in [-0.2, -0.15) is 0 Å². The zero-order valence-electron chi connectivity index (χ0n) is 14.0. The van der Waals surface area contributed by atoms with Gasteiger partial charge in [-0.3, -0.25) is 4.40 Å². The highest BCUT2D eigenvalue weighted by atomic mass is 32.2. The molecule has 0 aliphatic carbocycles. The Kier molecular flexibility index (Phi) is 4.87. The molecular formula is C16H18N6O3S. The van der Waals surface area contributed by atoms with Crippen molar-refractivity contribution in [3.63, 3.8) is 0 Å². The number of sulfonamides is 1. The van der Waals surface area contributed by atoms with Gasteiger partial charge in [0, 0.05) is 12.7 Å². The van der Waals surface area contributed by atoms with E-state index in [1.54, 1.807) is 16.5 Å². The zero-order valence-corrected chi connectivity index (χ0v) is 14.8. The van der Waals surface area contributed by atoms with Crippen LogP contribution in [0.3, 0.4) is 0 Å². The number of amides is 2. The number of urea groups is 1. The molecule has 0 radical (unpaired) electrons. The third kappa shape index (κ3) is 3.98. The second kappa shape index (κ2) is 7.10. The topological polar surface area (TPSA) is 131 Å². The van der Waals surface area contributed by atoms with Gasteiger partial charge in [0.05, 0.1) is 10.9 Å². The fraction of sp³-hybridized carbons (Fsp3) is 0.188. The van der Waals surface area contributed by atoms with Crippen molar-refractivity contribution < 1.29 is 13.2 Å². The van der Waals surface area contributed by atoms with Crippen molar-refractivity contribution in [3.05, 3.63) is 60.0 Å². The summed E-state index contributed by atoms with van der Waals surface area (Å²) < 4.78 is 24.2. The number of fused-ring (bicyclic) bond motifs is 1. The van der Waals surface area contributed by atoms with Gasteiger partial charge in [0.15, 0.2) is 11.5 Å². The quantitative estimate of drug-likeness (QED) is 0.611. The smallest absolute Gasteiger partial charge is 0.315 e. The number of primary sulfonamides is 1. The lowest BCUT2D eigenvalue weighted by Crippen LogP contribution is -2.37. The number of hydrogen-bond acceptors (Lipinski definition) is 5. The van der Waals surface area contributed by atoms with Crippen LogP contribution in [0.2, 0.25) is 0 Å². The summed E-state index contributed by atoms with van der Waals surface area (Å²) in [5, 5.41) is 18.7. The highest BCUT2D eigenvalue weighted by Crippen LogP contribution is 2.12. The van der Waals surface area contributed by atoms with Crippen LogP contribution >= 0.6 is 0 Å². The lowest BCUT2D eigenvalue weighted by molar-refractivity contribution is 0.237. The fourth-order valence-corrected chi connectivity index (χ4v) is 2.96. The summed E-state index contributed by atoms with van der Waals surface area (Å²) in [6.45, 7) is 2.05. The molecule has 0 fully saturated rings. The van der Waals surface area contributed by atoms with Gasteiger partial charge in [-0.1, -0.05) is 18.2 Å². The Morgan fingerprint density at radius 3 is 2.62 bits per heavy atom. The van der Waals surface area contributed by atoms with Crippen LogP contribution in [0.25, 0.3) is 5.65 Å². The number of nitrogens with zero attached hydrogens (tertiary/aromatic N) is 3. The molecule has 3 rings (SSSR count). The van der Waals surface area contributed by atoms with Crippen molar-refractivity contribution in [1.29, 1.82) is 0 Å². The number of aromatic nitrogens is 3. The van der Waals surface area contributed by atoms with E-state index in [1.807, 2.05) is 31.3 Å². The lowest BCUT2D eigenvalue weighted by atomic mass is 10.2. The summed E-state index contributed by atoms with van der Waals surface area (Å²) in [6, 6.07) is 10.8. The standard InChI is InChI=1S/C16H18N6O3S/c1-11(15-21-20-14-4-2-3-9-22(14)15)19-16(23)18-10-12-5-7-13(8-6-12)26(17,24)25/h2-9,11H,10H2,1H3,(H2,17,24,25)(H2,18,19,23)/t11-/m1/s1. The fourth-order valence-electron chi connectivity index (χ4n) is 2.45. The van der Waals surface area contributed by atoms with Crippen LogP contribution in [-0.4, -0.2) is 29.0 Å². The second-order valence-corrected chi connectivity index (χ2v) is 7.29. The first kappa shape index (κ1) is 17.8. The van der Waals surface area contributed by atoms with Crippen LogP contribution in [0.5, 0.6) is 0 Å². The van der Waals surface area contributed by atoms with Gasteiger partial charge < -0.3 is 10.6 Å². The van der Waals surface area contributed by atoms with Crippen molar-refractivity contribution in [2.75, 3.05) is 0 Å².